The molecular weight excluding hydrogens is 243 g/mol. The molecule has 0 radical (unpaired) electrons. The summed E-state index contributed by atoms with van der Waals surface area (Å²) in [7, 11) is 0. The number of halogens is 1. The molecule has 0 unspecified atom stereocenters. The summed E-state index contributed by atoms with van der Waals surface area (Å²) in [6.45, 7) is 4.52. The van der Waals surface area contributed by atoms with Gasteiger partial charge in [0.05, 0.1) is 12.4 Å². The fourth-order valence-electron chi connectivity index (χ4n) is 3.18. The predicted octanol–water partition coefficient (Wildman–Crippen LogP) is 2.07. The first kappa shape index (κ1) is 12.8. The zero-order valence-electron chi connectivity index (χ0n) is 11.3. The van der Waals surface area contributed by atoms with E-state index in [1.54, 1.807) is 0 Å². The zero-order valence-corrected chi connectivity index (χ0v) is 11.3. The topological polar surface area (TPSA) is 32.3 Å². The number of rotatable bonds is 3. The lowest BCUT2D eigenvalue weighted by Crippen LogP contribution is -2.43. The molecule has 2 fully saturated rings. The van der Waals surface area contributed by atoms with Crippen LogP contribution in [0.15, 0.2) is 12.4 Å². The van der Waals surface area contributed by atoms with Crippen LogP contribution in [0.5, 0.6) is 0 Å². The number of piperidine rings is 1. The maximum absolute atomic E-state index is 12.9. The second-order valence-electron chi connectivity index (χ2n) is 5.55. The Kier molecular flexibility index (Phi) is 3.92. The molecule has 2 aliphatic rings. The molecule has 0 spiro atoms. The lowest BCUT2D eigenvalue weighted by Gasteiger charge is -2.32. The Morgan fingerprint density at radius 2 is 1.79 bits per heavy atom. The molecule has 1 atom stereocenters. The van der Waals surface area contributed by atoms with Crippen molar-refractivity contribution in [3.63, 3.8) is 0 Å². The molecule has 0 saturated carbocycles. The number of anilines is 1. The van der Waals surface area contributed by atoms with Crippen molar-refractivity contribution in [2.45, 2.75) is 38.1 Å². The Balaban J connectivity index is 1.65. The molecule has 19 heavy (non-hydrogen) atoms. The summed E-state index contributed by atoms with van der Waals surface area (Å²) < 4.78 is 12.9. The van der Waals surface area contributed by atoms with Crippen LogP contribution in [0.25, 0.3) is 0 Å². The summed E-state index contributed by atoms with van der Waals surface area (Å²) in [6.07, 6.45) is 8.90. The molecule has 2 aliphatic heterocycles. The molecule has 0 bridgehead atoms. The van der Waals surface area contributed by atoms with Crippen molar-refractivity contribution in [1.29, 1.82) is 0 Å². The highest BCUT2D eigenvalue weighted by Gasteiger charge is 2.28. The Morgan fingerprint density at radius 1 is 1.05 bits per heavy atom. The lowest BCUT2D eigenvalue weighted by atomic mass is 10.1. The SMILES string of the molecule is Fc1cnc(N2CCC[C@@H]2CN2CCCCC2)nc1. The molecule has 0 aliphatic carbocycles. The summed E-state index contributed by atoms with van der Waals surface area (Å²) in [5.41, 5.74) is 0. The summed E-state index contributed by atoms with van der Waals surface area (Å²) in [6, 6.07) is 0.489. The minimum Gasteiger partial charge on any atom is -0.337 e. The number of hydrogen-bond acceptors (Lipinski definition) is 4. The number of aromatic nitrogens is 2. The molecule has 4 nitrogen and oxygen atoms in total. The first-order chi connectivity index (χ1) is 9.33. The highest BCUT2D eigenvalue weighted by atomic mass is 19.1. The third-order valence-electron chi connectivity index (χ3n) is 4.16. The molecular formula is C14H21FN4. The van der Waals surface area contributed by atoms with Gasteiger partial charge in [-0.3, -0.25) is 0 Å². The lowest BCUT2D eigenvalue weighted by molar-refractivity contribution is 0.216. The van der Waals surface area contributed by atoms with Crippen LogP contribution in [0.1, 0.15) is 32.1 Å². The highest BCUT2D eigenvalue weighted by molar-refractivity contribution is 5.32. The van der Waals surface area contributed by atoms with E-state index in [1.807, 2.05) is 0 Å². The molecule has 2 saturated heterocycles. The highest BCUT2D eigenvalue weighted by Crippen LogP contribution is 2.23. The summed E-state index contributed by atoms with van der Waals surface area (Å²) in [5.74, 6) is 0.316. The van der Waals surface area contributed by atoms with Gasteiger partial charge in [-0.2, -0.15) is 0 Å². The van der Waals surface area contributed by atoms with E-state index in [1.165, 1.54) is 57.6 Å². The van der Waals surface area contributed by atoms with Crippen LogP contribution < -0.4 is 4.90 Å². The fraction of sp³-hybridized carbons (Fsp3) is 0.714. The fourth-order valence-corrected chi connectivity index (χ4v) is 3.18. The minimum atomic E-state index is -0.365. The molecule has 104 valence electrons. The Labute approximate surface area is 113 Å². The number of likely N-dealkylation sites (tertiary alicyclic amines) is 1. The van der Waals surface area contributed by atoms with Crippen LogP contribution in [0.3, 0.4) is 0 Å². The van der Waals surface area contributed by atoms with Crippen molar-refractivity contribution in [1.82, 2.24) is 14.9 Å². The summed E-state index contributed by atoms with van der Waals surface area (Å²) in [4.78, 5) is 13.0. The first-order valence-electron chi connectivity index (χ1n) is 7.29. The van der Waals surface area contributed by atoms with Gasteiger partial charge in [0, 0.05) is 19.1 Å². The van der Waals surface area contributed by atoms with Gasteiger partial charge in [-0.25, -0.2) is 14.4 Å². The predicted molar refractivity (Wildman–Crippen MR) is 72.6 cm³/mol. The molecule has 3 heterocycles. The standard InChI is InChI=1S/C14H21FN4/c15-12-9-16-14(17-10-12)19-8-4-5-13(19)11-18-6-2-1-3-7-18/h9-10,13H,1-8,11H2/t13-/m1/s1. The van der Waals surface area contributed by atoms with Crippen LogP contribution in [0.2, 0.25) is 0 Å². The van der Waals surface area contributed by atoms with Gasteiger partial charge in [-0.05, 0) is 38.8 Å². The van der Waals surface area contributed by atoms with E-state index in [4.69, 9.17) is 0 Å². The zero-order chi connectivity index (χ0) is 13.1. The number of nitrogens with zero attached hydrogens (tertiary/aromatic N) is 4. The third-order valence-corrected chi connectivity index (χ3v) is 4.16. The van der Waals surface area contributed by atoms with Gasteiger partial charge in [0.15, 0.2) is 5.82 Å². The summed E-state index contributed by atoms with van der Waals surface area (Å²) >= 11 is 0. The van der Waals surface area contributed by atoms with Gasteiger partial charge < -0.3 is 9.80 Å². The van der Waals surface area contributed by atoms with Gasteiger partial charge in [-0.15, -0.1) is 0 Å². The van der Waals surface area contributed by atoms with E-state index in [0.717, 1.165) is 13.1 Å². The average Bonchev–Trinajstić information content (AvgIpc) is 2.89. The Morgan fingerprint density at radius 3 is 2.53 bits per heavy atom. The molecule has 0 N–H and O–H groups in total. The molecule has 0 aromatic carbocycles. The van der Waals surface area contributed by atoms with Crippen molar-refractivity contribution in [3.05, 3.63) is 18.2 Å². The van der Waals surface area contributed by atoms with E-state index in [0.29, 0.717) is 12.0 Å². The van der Waals surface area contributed by atoms with E-state index < -0.39 is 0 Å². The van der Waals surface area contributed by atoms with E-state index >= 15 is 0 Å². The van der Waals surface area contributed by atoms with E-state index in [-0.39, 0.29) is 5.82 Å². The summed E-state index contributed by atoms with van der Waals surface area (Å²) in [5, 5.41) is 0. The normalized spacial score (nSPS) is 24.9. The van der Waals surface area contributed by atoms with Crippen LogP contribution in [0, 0.1) is 5.82 Å². The van der Waals surface area contributed by atoms with Gasteiger partial charge in [0.25, 0.3) is 0 Å². The van der Waals surface area contributed by atoms with Crippen molar-refractivity contribution in [2.24, 2.45) is 0 Å². The average molecular weight is 264 g/mol. The second-order valence-corrected chi connectivity index (χ2v) is 5.55. The smallest absolute Gasteiger partial charge is 0.225 e. The Hall–Kier alpha value is -1.23. The largest absolute Gasteiger partial charge is 0.337 e. The van der Waals surface area contributed by atoms with Crippen LogP contribution in [-0.2, 0) is 0 Å². The maximum atomic E-state index is 12.9. The Bertz CT molecular complexity index is 402. The molecule has 5 heteroatoms. The van der Waals surface area contributed by atoms with Crippen molar-refractivity contribution < 1.29 is 4.39 Å². The quantitative estimate of drug-likeness (QED) is 0.836. The maximum Gasteiger partial charge on any atom is 0.225 e. The van der Waals surface area contributed by atoms with Crippen molar-refractivity contribution in [3.8, 4) is 0 Å². The van der Waals surface area contributed by atoms with E-state index in [2.05, 4.69) is 19.8 Å². The van der Waals surface area contributed by atoms with Crippen molar-refractivity contribution in [2.75, 3.05) is 31.1 Å². The molecule has 1 aromatic rings. The van der Waals surface area contributed by atoms with Gasteiger partial charge in [0.1, 0.15) is 0 Å². The van der Waals surface area contributed by atoms with E-state index in [9.17, 15) is 4.39 Å². The van der Waals surface area contributed by atoms with Gasteiger partial charge >= 0.3 is 0 Å². The van der Waals surface area contributed by atoms with Crippen LogP contribution in [-0.4, -0.2) is 47.1 Å². The molecule has 1 aromatic heterocycles. The van der Waals surface area contributed by atoms with Crippen LogP contribution >= 0.6 is 0 Å². The molecule has 0 amide bonds. The van der Waals surface area contributed by atoms with Gasteiger partial charge in [-0.1, -0.05) is 6.42 Å². The first-order valence-corrected chi connectivity index (χ1v) is 7.29. The second kappa shape index (κ2) is 5.82. The minimum absolute atomic E-state index is 0.365. The monoisotopic (exact) mass is 264 g/mol. The van der Waals surface area contributed by atoms with Crippen molar-refractivity contribution >= 4 is 5.95 Å². The van der Waals surface area contributed by atoms with Gasteiger partial charge in [0.2, 0.25) is 5.95 Å². The molecule has 3 rings (SSSR count). The third kappa shape index (κ3) is 3.03. The number of hydrogen-bond donors (Lipinski definition) is 0. The van der Waals surface area contributed by atoms with Crippen LogP contribution in [0.4, 0.5) is 10.3 Å².